The molecule has 1 saturated heterocycles. The van der Waals surface area contributed by atoms with Gasteiger partial charge in [0.2, 0.25) is 0 Å². The maximum Gasteiger partial charge on any atom is 0.175 e. The summed E-state index contributed by atoms with van der Waals surface area (Å²) in [6, 6.07) is 3.91. The molecular formula is C10H15NO2. The molecular weight excluding hydrogens is 166 g/mol. The summed E-state index contributed by atoms with van der Waals surface area (Å²) in [5.41, 5.74) is -0.437. The molecule has 0 amide bonds. The van der Waals surface area contributed by atoms with Gasteiger partial charge < -0.3 is 9.15 Å². The fourth-order valence-electron chi connectivity index (χ4n) is 1.66. The topological polar surface area (TPSA) is 34.4 Å². The van der Waals surface area contributed by atoms with Crippen LogP contribution >= 0.6 is 0 Å². The van der Waals surface area contributed by atoms with Crippen molar-refractivity contribution in [3.63, 3.8) is 0 Å². The lowest BCUT2D eigenvalue weighted by Gasteiger charge is -2.21. The van der Waals surface area contributed by atoms with Gasteiger partial charge in [0.15, 0.2) is 11.5 Å². The summed E-state index contributed by atoms with van der Waals surface area (Å²) < 4.78 is 11.3. The molecule has 1 aromatic rings. The number of furan rings is 1. The van der Waals surface area contributed by atoms with Gasteiger partial charge in [-0.1, -0.05) is 0 Å². The highest BCUT2D eigenvalue weighted by atomic mass is 16.5. The second-order valence-corrected chi connectivity index (χ2v) is 3.75. The zero-order valence-corrected chi connectivity index (χ0v) is 8.26. The largest absolute Gasteiger partial charge is 0.462 e. The number of ether oxygens (including phenoxy) is 1. The van der Waals surface area contributed by atoms with E-state index in [1.807, 2.05) is 32.9 Å². The van der Waals surface area contributed by atoms with Gasteiger partial charge in [-0.25, -0.2) is 0 Å². The van der Waals surface area contributed by atoms with Gasteiger partial charge >= 0.3 is 0 Å². The second-order valence-electron chi connectivity index (χ2n) is 3.75. The molecule has 72 valence electrons. The van der Waals surface area contributed by atoms with E-state index < -0.39 is 5.72 Å². The van der Waals surface area contributed by atoms with Crippen molar-refractivity contribution < 1.29 is 9.15 Å². The van der Waals surface area contributed by atoms with Gasteiger partial charge in [-0.2, -0.15) is 0 Å². The van der Waals surface area contributed by atoms with Crippen molar-refractivity contribution in [1.82, 2.24) is 5.32 Å². The Labute approximate surface area is 78.1 Å². The van der Waals surface area contributed by atoms with Crippen LogP contribution in [0.15, 0.2) is 16.5 Å². The van der Waals surface area contributed by atoms with E-state index >= 15 is 0 Å². The molecule has 1 aromatic heterocycles. The van der Waals surface area contributed by atoms with E-state index in [4.69, 9.17) is 9.15 Å². The van der Waals surface area contributed by atoms with Crippen molar-refractivity contribution in [2.45, 2.75) is 32.6 Å². The zero-order chi connectivity index (χ0) is 9.47. The summed E-state index contributed by atoms with van der Waals surface area (Å²) in [7, 11) is 0. The highest BCUT2D eigenvalue weighted by Crippen LogP contribution is 2.29. The summed E-state index contributed by atoms with van der Waals surface area (Å²) in [5, 5.41) is 3.30. The van der Waals surface area contributed by atoms with Crippen LogP contribution in [0.25, 0.3) is 0 Å². The Hall–Kier alpha value is -0.800. The third-order valence-electron chi connectivity index (χ3n) is 2.37. The molecule has 0 aliphatic carbocycles. The fourth-order valence-corrected chi connectivity index (χ4v) is 1.66. The SMILES string of the molecule is Cc1ccc(C2(C)NCC(C)O2)o1. The van der Waals surface area contributed by atoms with Crippen LogP contribution in [0.4, 0.5) is 0 Å². The van der Waals surface area contributed by atoms with Crippen LogP contribution in [0, 0.1) is 6.92 Å². The van der Waals surface area contributed by atoms with Gasteiger partial charge in [-0.15, -0.1) is 0 Å². The average Bonchev–Trinajstić information content (AvgIpc) is 2.60. The van der Waals surface area contributed by atoms with Gasteiger partial charge in [-0.3, -0.25) is 5.32 Å². The quantitative estimate of drug-likeness (QED) is 0.717. The highest BCUT2D eigenvalue weighted by molar-refractivity contribution is 5.13. The van der Waals surface area contributed by atoms with Gasteiger partial charge in [-0.05, 0) is 32.9 Å². The van der Waals surface area contributed by atoms with Crippen molar-refractivity contribution >= 4 is 0 Å². The fraction of sp³-hybridized carbons (Fsp3) is 0.600. The normalized spacial score (nSPS) is 33.9. The second kappa shape index (κ2) is 2.86. The number of hydrogen-bond acceptors (Lipinski definition) is 3. The van der Waals surface area contributed by atoms with Crippen LogP contribution in [0.2, 0.25) is 0 Å². The summed E-state index contributed by atoms with van der Waals surface area (Å²) >= 11 is 0. The number of aryl methyl sites for hydroxylation is 1. The smallest absolute Gasteiger partial charge is 0.175 e. The molecule has 2 rings (SSSR count). The Balaban J connectivity index is 2.25. The van der Waals surface area contributed by atoms with Crippen molar-refractivity contribution in [2.24, 2.45) is 0 Å². The third-order valence-corrected chi connectivity index (χ3v) is 2.37. The molecule has 1 fully saturated rings. The molecule has 1 aliphatic heterocycles. The molecule has 2 atom stereocenters. The molecule has 0 saturated carbocycles. The van der Waals surface area contributed by atoms with E-state index in [0.29, 0.717) is 0 Å². The molecule has 1 aliphatic rings. The van der Waals surface area contributed by atoms with Crippen LogP contribution in [-0.4, -0.2) is 12.6 Å². The first-order valence-electron chi connectivity index (χ1n) is 4.60. The maximum atomic E-state index is 5.74. The van der Waals surface area contributed by atoms with E-state index in [9.17, 15) is 0 Å². The van der Waals surface area contributed by atoms with Crippen molar-refractivity contribution in [1.29, 1.82) is 0 Å². The minimum atomic E-state index is -0.437. The summed E-state index contributed by atoms with van der Waals surface area (Å²) in [6.45, 7) is 6.85. The first-order valence-corrected chi connectivity index (χ1v) is 4.60. The third kappa shape index (κ3) is 1.49. The van der Waals surface area contributed by atoms with E-state index in [0.717, 1.165) is 18.1 Å². The van der Waals surface area contributed by atoms with Crippen molar-refractivity contribution in [2.75, 3.05) is 6.54 Å². The van der Waals surface area contributed by atoms with Crippen LogP contribution < -0.4 is 5.32 Å². The minimum Gasteiger partial charge on any atom is -0.462 e. The Kier molecular flexibility index (Phi) is 1.93. The first kappa shape index (κ1) is 8.78. The lowest BCUT2D eigenvalue weighted by atomic mass is 10.2. The standard InChI is InChI=1S/C10H15NO2/c1-7-4-5-9(12-7)10(3)11-6-8(2)13-10/h4-5,8,11H,6H2,1-3H3. The molecule has 0 bridgehead atoms. The van der Waals surface area contributed by atoms with Crippen LogP contribution in [0.5, 0.6) is 0 Å². The Morgan fingerprint density at radius 2 is 2.31 bits per heavy atom. The molecule has 0 aromatic carbocycles. The van der Waals surface area contributed by atoms with E-state index in [1.54, 1.807) is 0 Å². The van der Waals surface area contributed by atoms with E-state index in [-0.39, 0.29) is 6.10 Å². The molecule has 2 heterocycles. The number of nitrogens with one attached hydrogen (secondary N) is 1. The zero-order valence-electron chi connectivity index (χ0n) is 8.26. The summed E-state index contributed by atoms with van der Waals surface area (Å²) in [4.78, 5) is 0. The van der Waals surface area contributed by atoms with E-state index in [2.05, 4.69) is 5.32 Å². The molecule has 2 unspecified atom stereocenters. The van der Waals surface area contributed by atoms with Crippen LogP contribution in [0.3, 0.4) is 0 Å². The predicted octanol–water partition coefficient (Wildman–Crippen LogP) is 1.77. The number of rotatable bonds is 1. The molecule has 3 heteroatoms. The average molecular weight is 181 g/mol. The summed E-state index contributed by atoms with van der Waals surface area (Å²) in [5.74, 6) is 1.77. The molecule has 13 heavy (non-hydrogen) atoms. The van der Waals surface area contributed by atoms with Crippen molar-refractivity contribution in [3.8, 4) is 0 Å². The van der Waals surface area contributed by atoms with Crippen molar-refractivity contribution in [3.05, 3.63) is 23.7 Å². The van der Waals surface area contributed by atoms with Gasteiger partial charge in [0.25, 0.3) is 0 Å². The van der Waals surface area contributed by atoms with Gasteiger partial charge in [0.05, 0.1) is 6.10 Å². The predicted molar refractivity (Wildman–Crippen MR) is 49.3 cm³/mol. The number of hydrogen-bond donors (Lipinski definition) is 1. The van der Waals surface area contributed by atoms with Gasteiger partial charge in [0.1, 0.15) is 5.76 Å². The van der Waals surface area contributed by atoms with Crippen LogP contribution in [0.1, 0.15) is 25.4 Å². The maximum absolute atomic E-state index is 5.74. The van der Waals surface area contributed by atoms with E-state index in [1.165, 1.54) is 0 Å². The Morgan fingerprint density at radius 1 is 1.54 bits per heavy atom. The lowest BCUT2D eigenvalue weighted by Crippen LogP contribution is -2.34. The summed E-state index contributed by atoms with van der Waals surface area (Å²) in [6.07, 6.45) is 0.246. The van der Waals surface area contributed by atoms with Gasteiger partial charge in [0, 0.05) is 6.54 Å². The first-order chi connectivity index (χ1) is 6.10. The Bertz CT molecular complexity index is 308. The molecule has 3 nitrogen and oxygen atoms in total. The molecule has 0 radical (unpaired) electrons. The highest BCUT2D eigenvalue weighted by Gasteiger charge is 2.37. The molecule has 1 N–H and O–H groups in total. The lowest BCUT2D eigenvalue weighted by molar-refractivity contribution is -0.0492. The van der Waals surface area contributed by atoms with Crippen LogP contribution in [-0.2, 0) is 10.5 Å². The molecule has 0 spiro atoms. The Morgan fingerprint density at radius 3 is 2.77 bits per heavy atom. The monoisotopic (exact) mass is 181 g/mol. The minimum absolute atomic E-state index is 0.246.